The summed E-state index contributed by atoms with van der Waals surface area (Å²) in [6.07, 6.45) is -4.80. The smallest absolute Gasteiger partial charge is 0.421 e. The third-order valence-corrected chi connectivity index (χ3v) is 3.87. The van der Waals surface area contributed by atoms with Crippen LogP contribution in [0.2, 0.25) is 0 Å². The molecule has 0 saturated carbocycles. The number of nitrogens with zero attached hydrogens (tertiary/aromatic N) is 2. The van der Waals surface area contributed by atoms with Crippen LogP contribution in [0.5, 0.6) is 17.5 Å². The lowest BCUT2D eigenvalue weighted by atomic mass is 10.3. The predicted molar refractivity (Wildman–Crippen MR) is 104 cm³/mol. The highest BCUT2D eigenvalue weighted by Gasteiger charge is 2.31. The van der Waals surface area contributed by atoms with Gasteiger partial charge in [0, 0.05) is 5.69 Å². The number of alkyl halides is 3. The number of aryl methyl sites for hydroxylation is 2. The van der Waals surface area contributed by atoms with Crippen LogP contribution >= 0.6 is 0 Å². The average Bonchev–Trinajstić information content (AvgIpc) is 2.67. The molecule has 1 heterocycles. The van der Waals surface area contributed by atoms with Gasteiger partial charge in [-0.25, -0.2) is 9.18 Å². The van der Waals surface area contributed by atoms with Crippen LogP contribution in [0.25, 0.3) is 0 Å². The number of anilines is 2. The van der Waals surface area contributed by atoms with E-state index in [2.05, 4.69) is 25.3 Å². The molecule has 2 aromatic carbocycles. The summed E-state index contributed by atoms with van der Waals surface area (Å²) in [5, 5.41) is 5.04. The van der Waals surface area contributed by atoms with Gasteiger partial charge in [0.2, 0.25) is 0 Å². The number of amides is 2. The summed E-state index contributed by atoms with van der Waals surface area (Å²) in [7, 11) is 0. The lowest BCUT2D eigenvalue weighted by Gasteiger charge is -2.14. The zero-order valence-electron chi connectivity index (χ0n) is 16.2. The molecule has 2 N–H and O–H groups in total. The number of aromatic nitrogens is 2. The molecule has 7 nitrogen and oxygen atoms in total. The maximum absolute atomic E-state index is 13.7. The zero-order chi connectivity index (χ0) is 22.6. The Morgan fingerprint density at radius 3 is 2.13 bits per heavy atom. The molecule has 0 spiro atoms. The second kappa shape index (κ2) is 8.86. The van der Waals surface area contributed by atoms with E-state index in [1.165, 1.54) is 30.3 Å². The molecule has 1 aromatic heterocycles. The van der Waals surface area contributed by atoms with Gasteiger partial charge in [0.1, 0.15) is 5.75 Å². The number of para-hydroxylation sites is 1. The van der Waals surface area contributed by atoms with Crippen molar-refractivity contribution in [3.63, 3.8) is 0 Å². The van der Waals surface area contributed by atoms with Gasteiger partial charge >= 0.3 is 18.4 Å². The van der Waals surface area contributed by atoms with Gasteiger partial charge in [0.15, 0.2) is 11.6 Å². The van der Waals surface area contributed by atoms with E-state index < -0.39 is 24.0 Å². The summed E-state index contributed by atoms with van der Waals surface area (Å²) in [6, 6.07) is 9.65. The number of halogens is 4. The van der Waals surface area contributed by atoms with Gasteiger partial charge in [-0.3, -0.25) is 0 Å². The topological polar surface area (TPSA) is 85.4 Å². The number of hydrogen-bond donors (Lipinski definition) is 2. The minimum absolute atomic E-state index is 0.0438. The largest absolute Gasteiger partial charge is 0.573 e. The van der Waals surface area contributed by atoms with E-state index in [-0.39, 0.29) is 17.4 Å². The second-order valence-electron chi connectivity index (χ2n) is 6.24. The van der Waals surface area contributed by atoms with Crippen molar-refractivity contribution in [3.8, 4) is 17.5 Å². The van der Waals surface area contributed by atoms with Crippen LogP contribution in [0.3, 0.4) is 0 Å². The van der Waals surface area contributed by atoms with Gasteiger partial charge < -0.3 is 20.1 Å². The zero-order valence-corrected chi connectivity index (χ0v) is 16.2. The maximum Gasteiger partial charge on any atom is 0.573 e. The lowest BCUT2D eigenvalue weighted by molar-refractivity contribution is -0.274. The van der Waals surface area contributed by atoms with Crippen molar-refractivity contribution in [2.45, 2.75) is 20.2 Å². The standard InChI is InChI=1S/C20H16F4N4O3/c1-11-17(12(2)26-19(25-11)30-16-6-4-3-5-15(16)21)28-18(29)27-13-7-9-14(10-8-13)31-20(22,23)24/h3-10H,1-2H3,(H2,27,28,29). The molecule has 0 aliphatic heterocycles. The first-order valence-electron chi connectivity index (χ1n) is 8.82. The van der Waals surface area contributed by atoms with E-state index in [1.807, 2.05) is 0 Å². The van der Waals surface area contributed by atoms with E-state index in [1.54, 1.807) is 19.9 Å². The minimum atomic E-state index is -4.80. The molecular weight excluding hydrogens is 420 g/mol. The van der Waals surface area contributed by atoms with Crippen LogP contribution in [0.1, 0.15) is 11.4 Å². The number of carbonyl (C=O) groups is 1. The van der Waals surface area contributed by atoms with Gasteiger partial charge in [0.25, 0.3) is 0 Å². The molecule has 11 heteroatoms. The van der Waals surface area contributed by atoms with Crippen LogP contribution in [-0.2, 0) is 0 Å². The number of nitrogens with one attached hydrogen (secondary N) is 2. The fourth-order valence-corrected chi connectivity index (χ4v) is 2.55. The second-order valence-corrected chi connectivity index (χ2v) is 6.24. The molecule has 0 aliphatic carbocycles. The van der Waals surface area contributed by atoms with Gasteiger partial charge in [0.05, 0.1) is 17.1 Å². The number of hydrogen-bond acceptors (Lipinski definition) is 5. The van der Waals surface area contributed by atoms with Crippen molar-refractivity contribution in [2.24, 2.45) is 0 Å². The van der Waals surface area contributed by atoms with E-state index in [0.29, 0.717) is 17.1 Å². The average molecular weight is 436 g/mol. The summed E-state index contributed by atoms with van der Waals surface area (Å²) >= 11 is 0. The van der Waals surface area contributed by atoms with E-state index in [0.717, 1.165) is 12.1 Å². The Bertz CT molecular complexity index is 1070. The molecule has 0 aliphatic rings. The number of ether oxygens (including phenoxy) is 2. The molecule has 3 aromatic rings. The Morgan fingerprint density at radius 1 is 0.935 bits per heavy atom. The predicted octanol–water partition coefficient (Wildman–Crippen LogP) is 5.57. The van der Waals surface area contributed by atoms with Crippen LogP contribution in [0, 0.1) is 19.7 Å². The minimum Gasteiger partial charge on any atom is -0.421 e. The van der Waals surface area contributed by atoms with Crippen molar-refractivity contribution in [3.05, 3.63) is 65.7 Å². The fourth-order valence-electron chi connectivity index (χ4n) is 2.55. The molecule has 0 radical (unpaired) electrons. The molecule has 0 unspecified atom stereocenters. The number of benzene rings is 2. The van der Waals surface area contributed by atoms with E-state index in [9.17, 15) is 22.4 Å². The normalized spacial score (nSPS) is 11.0. The quantitative estimate of drug-likeness (QED) is 0.511. The molecular formula is C20H16F4N4O3. The first kappa shape index (κ1) is 21.8. The van der Waals surface area contributed by atoms with Crippen molar-refractivity contribution < 1.29 is 31.8 Å². The molecule has 162 valence electrons. The monoisotopic (exact) mass is 436 g/mol. The van der Waals surface area contributed by atoms with Crippen LogP contribution in [-0.4, -0.2) is 22.4 Å². The van der Waals surface area contributed by atoms with Crippen LogP contribution in [0.15, 0.2) is 48.5 Å². The van der Waals surface area contributed by atoms with Gasteiger partial charge in [-0.1, -0.05) is 12.1 Å². The van der Waals surface area contributed by atoms with Crippen LogP contribution in [0.4, 0.5) is 33.7 Å². The molecule has 0 saturated heterocycles. The summed E-state index contributed by atoms with van der Waals surface area (Å²) in [6.45, 7) is 3.20. The van der Waals surface area contributed by atoms with Gasteiger partial charge in [-0.15, -0.1) is 13.2 Å². The molecule has 0 atom stereocenters. The fraction of sp³-hybridized carbons (Fsp3) is 0.150. The lowest BCUT2D eigenvalue weighted by Crippen LogP contribution is -2.21. The maximum atomic E-state index is 13.7. The molecule has 0 bridgehead atoms. The van der Waals surface area contributed by atoms with E-state index in [4.69, 9.17) is 4.74 Å². The van der Waals surface area contributed by atoms with Gasteiger partial charge in [-0.05, 0) is 50.2 Å². The summed E-state index contributed by atoms with van der Waals surface area (Å²) in [5.74, 6) is -1.03. The van der Waals surface area contributed by atoms with Crippen LogP contribution < -0.4 is 20.1 Å². The Hall–Kier alpha value is -3.89. The Balaban J connectivity index is 1.66. The van der Waals surface area contributed by atoms with Crippen molar-refractivity contribution in [1.82, 2.24) is 9.97 Å². The van der Waals surface area contributed by atoms with E-state index >= 15 is 0 Å². The Labute approximate surface area is 174 Å². The molecule has 2 amide bonds. The van der Waals surface area contributed by atoms with Crippen molar-refractivity contribution in [1.29, 1.82) is 0 Å². The molecule has 31 heavy (non-hydrogen) atoms. The molecule has 3 rings (SSSR count). The summed E-state index contributed by atoms with van der Waals surface area (Å²) in [4.78, 5) is 20.5. The highest BCUT2D eigenvalue weighted by atomic mass is 19.4. The third kappa shape index (κ3) is 6.04. The Kier molecular flexibility index (Phi) is 6.23. The SMILES string of the molecule is Cc1nc(Oc2ccccc2F)nc(C)c1NC(=O)Nc1ccc(OC(F)(F)F)cc1. The number of urea groups is 1. The first-order chi connectivity index (χ1) is 14.6. The number of carbonyl (C=O) groups excluding carboxylic acids is 1. The third-order valence-electron chi connectivity index (χ3n) is 3.87. The first-order valence-corrected chi connectivity index (χ1v) is 8.82. The highest BCUT2D eigenvalue weighted by Crippen LogP contribution is 2.26. The summed E-state index contributed by atoms with van der Waals surface area (Å²) < 4.78 is 59.5. The van der Waals surface area contributed by atoms with Crippen molar-refractivity contribution >= 4 is 17.4 Å². The Morgan fingerprint density at radius 2 is 1.55 bits per heavy atom. The summed E-state index contributed by atoms with van der Waals surface area (Å²) in [5.41, 5.74) is 1.27. The highest BCUT2D eigenvalue weighted by molar-refractivity contribution is 6.00. The molecule has 0 fully saturated rings. The van der Waals surface area contributed by atoms with Crippen molar-refractivity contribution in [2.75, 3.05) is 10.6 Å². The van der Waals surface area contributed by atoms with Gasteiger partial charge in [-0.2, -0.15) is 9.97 Å². The number of rotatable bonds is 5.